The fraction of sp³-hybridized carbons (Fsp3) is 0.115. The van der Waals surface area contributed by atoms with E-state index in [9.17, 15) is 4.79 Å². The van der Waals surface area contributed by atoms with Gasteiger partial charge in [-0.2, -0.15) is 0 Å². The molecule has 1 aliphatic carbocycles. The summed E-state index contributed by atoms with van der Waals surface area (Å²) in [6.07, 6.45) is 7.84. The van der Waals surface area contributed by atoms with Crippen molar-refractivity contribution in [1.29, 1.82) is 0 Å². The maximum absolute atomic E-state index is 13.0. The van der Waals surface area contributed by atoms with E-state index in [0.29, 0.717) is 0 Å². The summed E-state index contributed by atoms with van der Waals surface area (Å²) in [5.41, 5.74) is 6.04. The molecule has 0 spiro atoms. The Labute approximate surface area is 165 Å². The Hall–Kier alpha value is -3.39. The van der Waals surface area contributed by atoms with Crippen molar-refractivity contribution < 1.29 is 9.53 Å². The van der Waals surface area contributed by atoms with E-state index in [-0.39, 0.29) is 5.78 Å². The smallest absolute Gasteiger partial charge is 0.189 e. The second kappa shape index (κ2) is 8.10. The number of carbonyl (C=O) groups is 1. The lowest BCUT2D eigenvalue weighted by Gasteiger charge is -2.18. The lowest BCUT2D eigenvalue weighted by Crippen LogP contribution is -2.14. The van der Waals surface area contributed by atoms with Crippen molar-refractivity contribution in [3.8, 4) is 5.75 Å². The van der Waals surface area contributed by atoms with Gasteiger partial charge >= 0.3 is 0 Å². The lowest BCUT2D eigenvalue weighted by molar-refractivity contribution is 0.102. The Morgan fingerprint density at radius 2 is 1.57 bits per heavy atom. The van der Waals surface area contributed by atoms with Crippen LogP contribution in [0.5, 0.6) is 5.75 Å². The quantitative estimate of drug-likeness (QED) is 0.413. The molecular formula is C26H22O2. The summed E-state index contributed by atoms with van der Waals surface area (Å²) in [6, 6.07) is 24.1. The number of rotatable bonds is 4. The van der Waals surface area contributed by atoms with E-state index >= 15 is 0 Å². The third-order valence-electron chi connectivity index (χ3n) is 5.09. The number of ether oxygens (including phenoxy) is 1. The van der Waals surface area contributed by atoms with Gasteiger partial charge in [-0.3, -0.25) is 4.79 Å². The maximum Gasteiger partial charge on any atom is 0.189 e. The summed E-state index contributed by atoms with van der Waals surface area (Å²) in [6.45, 7) is 0. The Morgan fingerprint density at radius 1 is 0.821 bits per heavy atom. The van der Waals surface area contributed by atoms with Crippen molar-refractivity contribution in [3.05, 3.63) is 106 Å². The number of methoxy groups -OCH3 is 1. The molecule has 3 aromatic carbocycles. The third-order valence-corrected chi connectivity index (χ3v) is 5.09. The average Bonchev–Trinajstić information content (AvgIpc) is 2.75. The van der Waals surface area contributed by atoms with Crippen LogP contribution in [-0.2, 0) is 6.42 Å². The SMILES string of the molecule is COc1ccc2c(c1)CC/C(=C\c1ccccc1/C=C/c1ccccc1)C2=O. The van der Waals surface area contributed by atoms with Crippen LogP contribution in [0.3, 0.4) is 0 Å². The molecule has 28 heavy (non-hydrogen) atoms. The van der Waals surface area contributed by atoms with Crippen LogP contribution in [0.2, 0.25) is 0 Å². The minimum absolute atomic E-state index is 0.116. The summed E-state index contributed by atoms with van der Waals surface area (Å²) in [5.74, 6) is 0.918. The molecule has 138 valence electrons. The summed E-state index contributed by atoms with van der Waals surface area (Å²) >= 11 is 0. The monoisotopic (exact) mass is 366 g/mol. The molecule has 0 heterocycles. The van der Waals surface area contributed by atoms with Crippen LogP contribution in [0, 0.1) is 0 Å². The van der Waals surface area contributed by atoms with Crippen LogP contribution in [0.1, 0.15) is 39.0 Å². The largest absolute Gasteiger partial charge is 0.497 e. The van der Waals surface area contributed by atoms with Gasteiger partial charge in [-0.15, -0.1) is 0 Å². The first-order valence-electron chi connectivity index (χ1n) is 9.49. The Balaban J connectivity index is 1.64. The van der Waals surface area contributed by atoms with Crippen molar-refractivity contribution in [2.24, 2.45) is 0 Å². The number of fused-ring (bicyclic) bond motifs is 1. The number of hydrogen-bond donors (Lipinski definition) is 0. The predicted molar refractivity (Wildman–Crippen MR) is 115 cm³/mol. The topological polar surface area (TPSA) is 26.3 Å². The number of allylic oxidation sites excluding steroid dienone is 1. The second-order valence-corrected chi connectivity index (χ2v) is 6.89. The molecule has 0 radical (unpaired) electrons. The van der Waals surface area contributed by atoms with Gasteiger partial charge in [0.2, 0.25) is 0 Å². The van der Waals surface area contributed by atoms with Crippen LogP contribution in [0.15, 0.2) is 78.4 Å². The minimum atomic E-state index is 0.116. The average molecular weight is 366 g/mol. The van der Waals surface area contributed by atoms with Gasteiger partial charge in [-0.1, -0.05) is 66.7 Å². The number of Topliss-reactive ketones (excluding diaryl/α,β-unsaturated/α-hetero) is 1. The Morgan fingerprint density at radius 3 is 2.36 bits per heavy atom. The molecule has 0 aliphatic heterocycles. The highest BCUT2D eigenvalue weighted by Crippen LogP contribution is 2.30. The van der Waals surface area contributed by atoms with Crippen LogP contribution >= 0.6 is 0 Å². The maximum atomic E-state index is 13.0. The van der Waals surface area contributed by atoms with Crippen LogP contribution < -0.4 is 4.74 Å². The van der Waals surface area contributed by atoms with Gasteiger partial charge in [0.1, 0.15) is 5.75 Å². The number of benzene rings is 3. The number of aryl methyl sites for hydroxylation is 1. The lowest BCUT2D eigenvalue weighted by atomic mass is 9.85. The molecule has 0 saturated carbocycles. The van der Waals surface area contributed by atoms with E-state index in [1.165, 1.54) is 0 Å². The van der Waals surface area contributed by atoms with Gasteiger partial charge < -0.3 is 4.74 Å². The van der Waals surface area contributed by atoms with E-state index in [1.807, 2.05) is 54.6 Å². The number of ketones is 1. The molecule has 0 atom stereocenters. The number of carbonyl (C=O) groups excluding carboxylic acids is 1. The molecule has 0 unspecified atom stereocenters. The molecule has 0 saturated heterocycles. The van der Waals surface area contributed by atoms with E-state index in [1.54, 1.807) is 7.11 Å². The van der Waals surface area contributed by atoms with Crippen LogP contribution in [0.4, 0.5) is 0 Å². The zero-order chi connectivity index (χ0) is 19.3. The normalized spacial score (nSPS) is 15.0. The van der Waals surface area contributed by atoms with Gasteiger partial charge in [0, 0.05) is 11.1 Å². The van der Waals surface area contributed by atoms with Crippen molar-refractivity contribution in [1.82, 2.24) is 0 Å². The second-order valence-electron chi connectivity index (χ2n) is 6.89. The van der Waals surface area contributed by atoms with Crippen molar-refractivity contribution in [3.63, 3.8) is 0 Å². The van der Waals surface area contributed by atoms with Crippen LogP contribution in [0.25, 0.3) is 18.2 Å². The first kappa shape index (κ1) is 18.0. The van der Waals surface area contributed by atoms with E-state index in [4.69, 9.17) is 4.74 Å². The van der Waals surface area contributed by atoms with Crippen molar-refractivity contribution in [2.75, 3.05) is 7.11 Å². The van der Waals surface area contributed by atoms with Gasteiger partial charge in [0.05, 0.1) is 7.11 Å². The molecule has 0 N–H and O–H groups in total. The van der Waals surface area contributed by atoms with E-state index in [0.717, 1.165) is 52.0 Å². The summed E-state index contributed by atoms with van der Waals surface area (Å²) in [5, 5.41) is 0. The zero-order valence-electron chi connectivity index (χ0n) is 15.9. The molecular weight excluding hydrogens is 344 g/mol. The molecule has 0 aromatic heterocycles. The predicted octanol–water partition coefficient (Wildman–Crippen LogP) is 6.08. The molecule has 2 heteroatoms. The first-order chi connectivity index (χ1) is 13.7. The molecule has 2 nitrogen and oxygen atoms in total. The van der Waals surface area contributed by atoms with Gasteiger partial charge in [-0.05, 0) is 59.4 Å². The standard InChI is InChI=1S/C26H22O2/c1-28-24-15-16-25-22(18-24)13-14-23(26(25)27)17-21-10-6-5-9-20(21)12-11-19-7-3-2-4-8-19/h2-12,15-18H,13-14H2,1H3/b12-11+,23-17+. The van der Waals surface area contributed by atoms with Crippen molar-refractivity contribution >= 4 is 24.0 Å². The molecule has 3 aromatic rings. The third kappa shape index (κ3) is 3.81. The summed E-state index contributed by atoms with van der Waals surface area (Å²) < 4.78 is 5.28. The van der Waals surface area contributed by atoms with Crippen LogP contribution in [-0.4, -0.2) is 12.9 Å². The van der Waals surface area contributed by atoms with E-state index < -0.39 is 0 Å². The zero-order valence-corrected chi connectivity index (χ0v) is 15.9. The Kier molecular flexibility index (Phi) is 5.20. The van der Waals surface area contributed by atoms with Gasteiger partial charge in [-0.25, -0.2) is 0 Å². The minimum Gasteiger partial charge on any atom is -0.497 e. The summed E-state index contributed by atoms with van der Waals surface area (Å²) in [4.78, 5) is 13.0. The number of hydrogen-bond acceptors (Lipinski definition) is 2. The highest BCUT2D eigenvalue weighted by Gasteiger charge is 2.22. The van der Waals surface area contributed by atoms with Gasteiger partial charge in [0.15, 0.2) is 5.78 Å². The molecule has 1 aliphatic rings. The van der Waals surface area contributed by atoms with E-state index in [2.05, 4.69) is 36.4 Å². The highest BCUT2D eigenvalue weighted by atomic mass is 16.5. The molecule has 0 bridgehead atoms. The highest BCUT2D eigenvalue weighted by molar-refractivity contribution is 6.13. The molecule has 0 amide bonds. The van der Waals surface area contributed by atoms with Gasteiger partial charge in [0.25, 0.3) is 0 Å². The molecule has 0 fully saturated rings. The van der Waals surface area contributed by atoms with Crippen molar-refractivity contribution in [2.45, 2.75) is 12.8 Å². The molecule has 4 rings (SSSR count). The fourth-order valence-electron chi connectivity index (χ4n) is 3.55. The Bertz CT molecular complexity index is 1060. The summed E-state index contributed by atoms with van der Waals surface area (Å²) in [7, 11) is 1.65. The first-order valence-corrected chi connectivity index (χ1v) is 9.49. The fourth-order valence-corrected chi connectivity index (χ4v) is 3.55.